The van der Waals surface area contributed by atoms with Crippen molar-refractivity contribution < 1.29 is 19.1 Å². The molecule has 3 aromatic carbocycles. The molecule has 0 heterocycles. The summed E-state index contributed by atoms with van der Waals surface area (Å²) in [5, 5.41) is 5.65. The van der Waals surface area contributed by atoms with E-state index in [0.717, 1.165) is 16.8 Å². The SMILES string of the molecule is CC(C[CH]C(=O)NC(Cc1ccc(OCc2ccccc2)cc1)C(=O)Nc1ccc(N(C)C)cc1)C(N)=O. The molecule has 0 aromatic heterocycles. The maximum atomic E-state index is 13.2. The second-order valence-corrected chi connectivity index (χ2v) is 9.36. The van der Waals surface area contributed by atoms with Crippen LogP contribution in [-0.4, -0.2) is 37.9 Å². The van der Waals surface area contributed by atoms with E-state index in [1.807, 2.05) is 97.9 Å². The summed E-state index contributed by atoms with van der Waals surface area (Å²) in [4.78, 5) is 39.1. The van der Waals surface area contributed by atoms with E-state index in [9.17, 15) is 14.4 Å². The number of hydrogen-bond acceptors (Lipinski definition) is 5. The monoisotopic (exact) mass is 515 g/mol. The van der Waals surface area contributed by atoms with Gasteiger partial charge in [-0.15, -0.1) is 0 Å². The van der Waals surface area contributed by atoms with Gasteiger partial charge < -0.3 is 26.0 Å². The number of hydrogen-bond donors (Lipinski definition) is 3. The number of carbonyl (C=O) groups excluding carboxylic acids is 3. The Morgan fingerprint density at radius 3 is 2.18 bits per heavy atom. The highest BCUT2D eigenvalue weighted by atomic mass is 16.5. The summed E-state index contributed by atoms with van der Waals surface area (Å²) in [5.41, 5.74) is 8.83. The summed E-state index contributed by atoms with van der Waals surface area (Å²) in [6.45, 7) is 2.10. The van der Waals surface area contributed by atoms with Crippen molar-refractivity contribution >= 4 is 29.1 Å². The van der Waals surface area contributed by atoms with Gasteiger partial charge in [-0.25, -0.2) is 0 Å². The highest BCUT2D eigenvalue weighted by Crippen LogP contribution is 2.18. The highest BCUT2D eigenvalue weighted by Gasteiger charge is 2.22. The van der Waals surface area contributed by atoms with E-state index in [2.05, 4.69) is 10.6 Å². The lowest BCUT2D eigenvalue weighted by atomic mass is 10.0. The predicted molar refractivity (Wildman–Crippen MR) is 150 cm³/mol. The second kappa shape index (κ2) is 13.8. The molecule has 0 spiro atoms. The summed E-state index contributed by atoms with van der Waals surface area (Å²) in [6, 6.07) is 23.9. The molecule has 3 rings (SSSR count). The topological polar surface area (TPSA) is 114 Å². The van der Waals surface area contributed by atoms with Crippen LogP contribution in [0.5, 0.6) is 5.75 Å². The zero-order valence-electron chi connectivity index (χ0n) is 22.0. The van der Waals surface area contributed by atoms with Crippen molar-refractivity contribution in [3.05, 3.63) is 96.4 Å². The molecule has 0 aliphatic rings. The molecule has 8 heteroatoms. The van der Waals surface area contributed by atoms with E-state index < -0.39 is 23.8 Å². The minimum absolute atomic E-state index is 0.189. The molecular formula is C30H35N4O4. The first-order valence-corrected chi connectivity index (χ1v) is 12.5. The van der Waals surface area contributed by atoms with Gasteiger partial charge in [0, 0.05) is 37.8 Å². The Morgan fingerprint density at radius 2 is 1.58 bits per heavy atom. The summed E-state index contributed by atoms with van der Waals surface area (Å²) in [7, 11) is 3.87. The van der Waals surface area contributed by atoms with Gasteiger partial charge in [0.15, 0.2) is 0 Å². The van der Waals surface area contributed by atoms with Crippen LogP contribution < -0.4 is 26.0 Å². The van der Waals surface area contributed by atoms with E-state index in [0.29, 0.717) is 18.0 Å². The lowest BCUT2D eigenvalue weighted by Gasteiger charge is -2.20. The third-order valence-corrected chi connectivity index (χ3v) is 6.04. The number of rotatable bonds is 13. The number of nitrogens with zero attached hydrogens (tertiary/aromatic N) is 1. The molecule has 2 unspecified atom stereocenters. The summed E-state index contributed by atoms with van der Waals surface area (Å²) in [5.74, 6) is -1.05. The first-order valence-electron chi connectivity index (χ1n) is 12.5. The van der Waals surface area contributed by atoms with Gasteiger partial charge in [-0.3, -0.25) is 14.4 Å². The minimum atomic E-state index is -0.841. The smallest absolute Gasteiger partial charge is 0.247 e. The summed E-state index contributed by atoms with van der Waals surface area (Å²) in [6.07, 6.45) is 1.81. The number of ether oxygens (including phenoxy) is 1. The molecule has 0 aliphatic heterocycles. The molecule has 3 amide bonds. The Bertz CT molecular complexity index is 1200. The van der Waals surface area contributed by atoms with E-state index in [4.69, 9.17) is 10.5 Å². The fourth-order valence-electron chi connectivity index (χ4n) is 3.61. The molecule has 0 aliphatic carbocycles. The van der Waals surface area contributed by atoms with Crippen molar-refractivity contribution in [2.45, 2.75) is 32.4 Å². The van der Waals surface area contributed by atoms with Crippen LogP contribution in [0.1, 0.15) is 24.5 Å². The van der Waals surface area contributed by atoms with Gasteiger partial charge in [0.2, 0.25) is 17.7 Å². The van der Waals surface area contributed by atoms with Gasteiger partial charge in [-0.2, -0.15) is 0 Å². The van der Waals surface area contributed by atoms with Crippen LogP contribution in [0.15, 0.2) is 78.9 Å². The van der Waals surface area contributed by atoms with Crippen LogP contribution in [0.25, 0.3) is 0 Å². The Balaban J connectivity index is 1.66. The van der Waals surface area contributed by atoms with E-state index >= 15 is 0 Å². The van der Waals surface area contributed by atoms with E-state index in [1.54, 1.807) is 6.92 Å². The van der Waals surface area contributed by atoms with Gasteiger partial charge in [0.05, 0.1) is 6.42 Å². The van der Waals surface area contributed by atoms with Crippen molar-refractivity contribution in [2.24, 2.45) is 11.7 Å². The number of nitrogens with two attached hydrogens (primary N) is 1. The maximum absolute atomic E-state index is 13.2. The zero-order valence-corrected chi connectivity index (χ0v) is 22.0. The quantitative estimate of drug-likeness (QED) is 0.321. The Kier molecular flexibility index (Phi) is 10.3. The number of amides is 3. The van der Waals surface area contributed by atoms with Crippen LogP contribution in [0.4, 0.5) is 11.4 Å². The standard InChI is InChI=1S/C30H35N4O4/c1-21(29(31)36)9-18-28(35)33-27(30(37)32-24-12-14-25(15-13-24)34(2)3)19-22-10-16-26(17-11-22)38-20-23-7-5-4-6-8-23/h4-8,10-18,21,27H,9,19-20H2,1-3H3,(H2,31,36)(H,32,37)(H,33,35). The second-order valence-electron chi connectivity index (χ2n) is 9.36. The van der Waals surface area contributed by atoms with Crippen molar-refractivity contribution in [1.82, 2.24) is 5.32 Å². The third kappa shape index (κ3) is 8.96. The van der Waals surface area contributed by atoms with Crippen LogP contribution in [-0.2, 0) is 27.4 Å². The largest absolute Gasteiger partial charge is 0.489 e. The average Bonchev–Trinajstić information content (AvgIpc) is 2.91. The fourth-order valence-corrected chi connectivity index (χ4v) is 3.61. The zero-order chi connectivity index (χ0) is 27.5. The van der Waals surface area contributed by atoms with Gasteiger partial charge in [0.25, 0.3) is 0 Å². The Morgan fingerprint density at radius 1 is 0.921 bits per heavy atom. The lowest BCUT2D eigenvalue weighted by Crippen LogP contribution is -2.45. The Labute approximate surface area is 224 Å². The maximum Gasteiger partial charge on any atom is 0.247 e. The van der Waals surface area contributed by atoms with Gasteiger partial charge in [0.1, 0.15) is 18.4 Å². The van der Waals surface area contributed by atoms with Crippen molar-refractivity contribution in [3.8, 4) is 5.75 Å². The van der Waals surface area contributed by atoms with Crippen LogP contribution in [0.3, 0.4) is 0 Å². The molecule has 0 fully saturated rings. The molecular weight excluding hydrogens is 480 g/mol. The van der Waals surface area contributed by atoms with Crippen LogP contribution >= 0.6 is 0 Å². The average molecular weight is 516 g/mol. The normalized spacial score (nSPS) is 12.2. The molecule has 3 aromatic rings. The number of benzene rings is 3. The van der Waals surface area contributed by atoms with Crippen molar-refractivity contribution in [3.63, 3.8) is 0 Å². The lowest BCUT2D eigenvalue weighted by molar-refractivity contribution is -0.125. The summed E-state index contributed by atoms with van der Waals surface area (Å²) < 4.78 is 5.85. The molecule has 1 radical (unpaired) electrons. The van der Waals surface area contributed by atoms with Gasteiger partial charge in [-0.05, 0) is 53.9 Å². The molecule has 4 N–H and O–H groups in total. The molecule has 0 bridgehead atoms. The van der Waals surface area contributed by atoms with Crippen molar-refractivity contribution in [1.29, 1.82) is 0 Å². The van der Waals surface area contributed by atoms with Crippen LogP contribution in [0, 0.1) is 12.3 Å². The molecule has 8 nitrogen and oxygen atoms in total. The van der Waals surface area contributed by atoms with Crippen LogP contribution in [0.2, 0.25) is 0 Å². The molecule has 0 saturated carbocycles. The number of anilines is 2. The molecule has 2 atom stereocenters. The van der Waals surface area contributed by atoms with Crippen molar-refractivity contribution in [2.75, 3.05) is 24.3 Å². The number of nitrogens with one attached hydrogen (secondary N) is 2. The van der Waals surface area contributed by atoms with Gasteiger partial charge >= 0.3 is 0 Å². The molecule has 38 heavy (non-hydrogen) atoms. The predicted octanol–water partition coefficient (Wildman–Crippen LogP) is 3.71. The summed E-state index contributed by atoms with van der Waals surface area (Å²) >= 11 is 0. The Hall–Kier alpha value is -4.33. The first-order chi connectivity index (χ1) is 18.2. The molecule has 0 saturated heterocycles. The minimum Gasteiger partial charge on any atom is -0.489 e. The fraction of sp³-hybridized carbons (Fsp3) is 0.267. The molecule has 199 valence electrons. The third-order valence-electron chi connectivity index (χ3n) is 6.04. The first kappa shape index (κ1) is 28.2. The van der Waals surface area contributed by atoms with E-state index in [1.165, 1.54) is 6.42 Å². The van der Waals surface area contributed by atoms with Gasteiger partial charge in [-0.1, -0.05) is 49.4 Å². The number of primary amides is 1. The van der Waals surface area contributed by atoms with E-state index in [-0.39, 0.29) is 18.7 Å². The highest BCUT2D eigenvalue weighted by molar-refractivity contribution is 5.98. The number of carbonyl (C=O) groups is 3.